The molecule has 0 fully saturated rings. The molecule has 18 heavy (non-hydrogen) atoms. The number of rotatable bonds is 10. The van der Waals surface area contributed by atoms with Crippen LogP contribution in [0.3, 0.4) is 0 Å². The topological polar surface area (TPSA) is 87.7 Å². The second kappa shape index (κ2) is 10.5. The minimum Gasteiger partial charge on any atom is -0.480 e. The third kappa shape index (κ3) is 7.10. The number of thiol groups is 2. The zero-order valence-corrected chi connectivity index (χ0v) is 12.0. The van der Waals surface area contributed by atoms with Crippen LogP contribution in [-0.2, 0) is 14.3 Å². The molecule has 0 unspecified atom stereocenters. The molecule has 3 N–H and O–H groups in total. The molecular formula is C10H20N2O4S2. The molecule has 0 heterocycles. The molecule has 0 spiro atoms. The van der Waals surface area contributed by atoms with Crippen LogP contribution in [0.4, 0.5) is 0 Å². The Morgan fingerprint density at radius 3 is 2.06 bits per heavy atom. The van der Waals surface area contributed by atoms with Gasteiger partial charge in [0.25, 0.3) is 0 Å². The summed E-state index contributed by atoms with van der Waals surface area (Å²) in [6, 6.07) is -1.17. The standard InChI is InChI=1S/C10H20N2O4S2/c1-2-16-10(15)8(6-18)12-4-3-11-7(5-17)9(13)14/h7-8,11-12,17-18H,2-6H2,1H3,(H,13,14)/t7-,8-/m0/s1. The van der Waals surface area contributed by atoms with Gasteiger partial charge in [-0.3, -0.25) is 9.59 Å². The Morgan fingerprint density at radius 1 is 1.17 bits per heavy atom. The predicted octanol–water partition coefficient (Wildman–Crippen LogP) is -0.590. The lowest BCUT2D eigenvalue weighted by Crippen LogP contribution is -2.46. The minimum absolute atomic E-state index is 0.212. The number of esters is 1. The third-order valence-electron chi connectivity index (χ3n) is 2.14. The van der Waals surface area contributed by atoms with Gasteiger partial charge in [0.15, 0.2) is 0 Å². The van der Waals surface area contributed by atoms with E-state index in [1.807, 2.05) is 0 Å². The molecule has 0 amide bonds. The van der Waals surface area contributed by atoms with Crippen molar-refractivity contribution in [2.24, 2.45) is 0 Å². The largest absolute Gasteiger partial charge is 0.480 e. The van der Waals surface area contributed by atoms with E-state index in [0.29, 0.717) is 25.4 Å². The second-order valence-corrected chi connectivity index (χ2v) is 4.20. The van der Waals surface area contributed by atoms with E-state index in [4.69, 9.17) is 9.84 Å². The van der Waals surface area contributed by atoms with Crippen molar-refractivity contribution in [3.63, 3.8) is 0 Å². The first-order valence-corrected chi connectivity index (χ1v) is 6.91. The van der Waals surface area contributed by atoms with E-state index in [-0.39, 0.29) is 11.7 Å². The molecule has 0 aromatic heterocycles. The van der Waals surface area contributed by atoms with E-state index in [2.05, 4.69) is 35.9 Å². The Hall–Kier alpha value is -0.440. The number of carbonyl (C=O) groups excluding carboxylic acids is 1. The van der Waals surface area contributed by atoms with Gasteiger partial charge in [0, 0.05) is 24.6 Å². The van der Waals surface area contributed by atoms with Gasteiger partial charge in [-0.25, -0.2) is 0 Å². The van der Waals surface area contributed by atoms with Crippen LogP contribution in [0, 0.1) is 0 Å². The number of carbonyl (C=O) groups is 2. The quantitative estimate of drug-likeness (QED) is 0.210. The number of aliphatic carboxylic acids is 1. The Balaban J connectivity index is 3.87. The van der Waals surface area contributed by atoms with Crippen molar-refractivity contribution < 1.29 is 19.4 Å². The zero-order valence-electron chi connectivity index (χ0n) is 10.3. The summed E-state index contributed by atoms with van der Waals surface area (Å²) in [5.41, 5.74) is 0. The van der Waals surface area contributed by atoms with E-state index >= 15 is 0 Å². The van der Waals surface area contributed by atoms with Gasteiger partial charge in [0.05, 0.1) is 6.61 Å². The molecule has 0 aromatic rings. The van der Waals surface area contributed by atoms with Crippen LogP contribution in [0.1, 0.15) is 6.92 Å². The molecule has 0 aliphatic heterocycles. The van der Waals surface area contributed by atoms with E-state index in [0.717, 1.165) is 0 Å². The first-order valence-electron chi connectivity index (χ1n) is 5.64. The average Bonchev–Trinajstić information content (AvgIpc) is 2.33. The summed E-state index contributed by atoms with van der Waals surface area (Å²) in [6.45, 7) is 2.92. The molecule has 0 aliphatic carbocycles. The zero-order chi connectivity index (χ0) is 14.0. The summed E-state index contributed by atoms with van der Waals surface area (Å²) in [4.78, 5) is 22.1. The van der Waals surface area contributed by atoms with E-state index in [1.165, 1.54) is 0 Å². The van der Waals surface area contributed by atoms with Crippen LogP contribution in [-0.4, -0.2) is 60.3 Å². The highest BCUT2D eigenvalue weighted by Crippen LogP contribution is 1.92. The number of carboxylic acids is 1. The molecule has 0 radical (unpaired) electrons. The van der Waals surface area contributed by atoms with Crippen molar-refractivity contribution in [3.8, 4) is 0 Å². The van der Waals surface area contributed by atoms with Crippen LogP contribution in [0.5, 0.6) is 0 Å². The SMILES string of the molecule is CCOC(=O)[C@H](CS)NCCN[C@@H](CS)C(=O)O. The highest BCUT2D eigenvalue weighted by atomic mass is 32.1. The third-order valence-corrected chi connectivity index (χ3v) is 2.87. The van der Waals surface area contributed by atoms with Crippen LogP contribution in [0.25, 0.3) is 0 Å². The fourth-order valence-electron chi connectivity index (χ4n) is 1.19. The summed E-state index contributed by atoms with van der Waals surface area (Å²) in [5, 5.41) is 14.5. The number of hydrogen-bond acceptors (Lipinski definition) is 7. The molecule has 2 atom stereocenters. The summed E-state index contributed by atoms with van der Waals surface area (Å²) < 4.78 is 4.86. The lowest BCUT2D eigenvalue weighted by atomic mass is 10.3. The van der Waals surface area contributed by atoms with Crippen LogP contribution in [0.2, 0.25) is 0 Å². The molecule has 0 rings (SSSR count). The number of carboxylic acid groups (broad SMARTS) is 1. The smallest absolute Gasteiger partial charge is 0.323 e. The first kappa shape index (κ1) is 17.6. The lowest BCUT2D eigenvalue weighted by Gasteiger charge is -2.16. The highest BCUT2D eigenvalue weighted by Gasteiger charge is 2.18. The summed E-state index contributed by atoms with van der Waals surface area (Å²) in [5.74, 6) is -0.755. The van der Waals surface area contributed by atoms with Crippen molar-refractivity contribution in [1.82, 2.24) is 10.6 Å². The van der Waals surface area contributed by atoms with Gasteiger partial charge >= 0.3 is 11.9 Å². The Labute approximate surface area is 118 Å². The Bertz CT molecular complexity index is 266. The summed E-state index contributed by atoms with van der Waals surface area (Å²) in [7, 11) is 0. The van der Waals surface area contributed by atoms with Gasteiger partial charge in [-0.1, -0.05) is 0 Å². The summed E-state index contributed by atoms with van der Waals surface area (Å²) >= 11 is 7.98. The fraction of sp³-hybridized carbons (Fsp3) is 0.800. The van der Waals surface area contributed by atoms with Gasteiger partial charge in [-0.15, -0.1) is 0 Å². The maximum atomic E-state index is 11.4. The lowest BCUT2D eigenvalue weighted by molar-refractivity contribution is -0.145. The van der Waals surface area contributed by atoms with Crippen molar-refractivity contribution in [2.75, 3.05) is 31.2 Å². The number of hydrogen-bond donors (Lipinski definition) is 5. The van der Waals surface area contributed by atoms with E-state index in [9.17, 15) is 9.59 Å². The van der Waals surface area contributed by atoms with Crippen LogP contribution >= 0.6 is 25.3 Å². The predicted molar refractivity (Wildman–Crippen MR) is 75.6 cm³/mol. The van der Waals surface area contributed by atoms with Crippen molar-refractivity contribution in [3.05, 3.63) is 0 Å². The first-order chi connectivity index (χ1) is 8.56. The van der Waals surface area contributed by atoms with Gasteiger partial charge in [0.2, 0.25) is 0 Å². The highest BCUT2D eigenvalue weighted by molar-refractivity contribution is 7.80. The van der Waals surface area contributed by atoms with E-state index < -0.39 is 18.1 Å². The Morgan fingerprint density at radius 2 is 1.67 bits per heavy atom. The molecule has 0 bridgehead atoms. The molecule has 0 saturated heterocycles. The van der Waals surface area contributed by atoms with Crippen molar-refractivity contribution in [1.29, 1.82) is 0 Å². The van der Waals surface area contributed by atoms with Gasteiger partial charge in [-0.05, 0) is 6.92 Å². The van der Waals surface area contributed by atoms with E-state index in [1.54, 1.807) is 6.92 Å². The molecular weight excluding hydrogens is 276 g/mol. The van der Waals surface area contributed by atoms with Gasteiger partial charge in [-0.2, -0.15) is 25.3 Å². The second-order valence-electron chi connectivity index (χ2n) is 3.47. The minimum atomic E-state index is -0.943. The van der Waals surface area contributed by atoms with Crippen molar-refractivity contribution in [2.45, 2.75) is 19.0 Å². The normalized spacial score (nSPS) is 13.9. The molecule has 6 nitrogen and oxygen atoms in total. The Kier molecular flexibility index (Phi) is 10.2. The molecule has 0 aromatic carbocycles. The fourth-order valence-corrected chi connectivity index (χ4v) is 1.75. The van der Waals surface area contributed by atoms with Gasteiger partial charge in [0.1, 0.15) is 12.1 Å². The van der Waals surface area contributed by atoms with Crippen molar-refractivity contribution >= 4 is 37.2 Å². The molecule has 8 heteroatoms. The number of nitrogens with one attached hydrogen (secondary N) is 2. The summed E-state index contributed by atoms with van der Waals surface area (Å²) in [6.07, 6.45) is 0. The van der Waals surface area contributed by atoms with Crippen LogP contribution < -0.4 is 10.6 Å². The van der Waals surface area contributed by atoms with Crippen LogP contribution in [0.15, 0.2) is 0 Å². The average molecular weight is 296 g/mol. The monoisotopic (exact) mass is 296 g/mol. The maximum Gasteiger partial charge on any atom is 0.323 e. The molecule has 106 valence electrons. The molecule has 0 saturated carbocycles. The molecule has 0 aliphatic rings. The number of ether oxygens (including phenoxy) is 1. The maximum absolute atomic E-state index is 11.4. The van der Waals surface area contributed by atoms with Gasteiger partial charge < -0.3 is 20.5 Å².